The summed E-state index contributed by atoms with van der Waals surface area (Å²) in [5, 5.41) is 6.05. The Balaban J connectivity index is 1.24. The van der Waals surface area contributed by atoms with Crippen LogP contribution in [0.5, 0.6) is 5.75 Å². The van der Waals surface area contributed by atoms with Crippen molar-refractivity contribution >= 4 is 11.8 Å². The maximum absolute atomic E-state index is 14.4. The molecule has 4 aliphatic carbocycles. The number of anilines is 2. The van der Waals surface area contributed by atoms with E-state index in [1.165, 1.54) is 31.0 Å². The van der Waals surface area contributed by atoms with Gasteiger partial charge >= 0.3 is 6.36 Å². The van der Waals surface area contributed by atoms with Crippen molar-refractivity contribution in [1.29, 1.82) is 0 Å². The van der Waals surface area contributed by atoms with Crippen LogP contribution >= 0.6 is 0 Å². The van der Waals surface area contributed by atoms with E-state index in [-0.39, 0.29) is 41.1 Å². The third-order valence-corrected chi connectivity index (χ3v) is 7.48. The van der Waals surface area contributed by atoms with Crippen LogP contribution in [0.15, 0.2) is 30.5 Å². The van der Waals surface area contributed by atoms with E-state index in [0.29, 0.717) is 24.3 Å². The summed E-state index contributed by atoms with van der Waals surface area (Å²) in [5.41, 5.74) is 6.82. The minimum atomic E-state index is -4.79. The van der Waals surface area contributed by atoms with E-state index < -0.39 is 12.2 Å². The number of hydrogen-bond acceptors (Lipinski definition) is 6. The second-order valence-electron chi connectivity index (χ2n) is 9.80. The molecule has 1 aromatic heterocycles. The van der Waals surface area contributed by atoms with Crippen molar-refractivity contribution in [3.63, 3.8) is 0 Å². The van der Waals surface area contributed by atoms with Gasteiger partial charge in [-0.2, -0.15) is 4.98 Å². The van der Waals surface area contributed by atoms with E-state index in [1.807, 2.05) is 0 Å². The smallest absolute Gasteiger partial charge is 0.405 e. The van der Waals surface area contributed by atoms with Gasteiger partial charge in [-0.25, -0.2) is 9.37 Å². The molecule has 2 aromatic rings. The fourth-order valence-electron chi connectivity index (χ4n) is 6.34. The Morgan fingerprint density at radius 2 is 1.82 bits per heavy atom. The molecule has 6 nitrogen and oxygen atoms in total. The zero-order valence-electron chi connectivity index (χ0n) is 18.0. The number of benzene rings is 1. The number of aromatic nitrogens is 2. The fraction of sp³-hybridized carbons (Fsp3) is 0.565. The number of ether oxygens (including phenoxy) is 1. The summed E-state index contributed by atoms with van der Waals surface area (Å²) in [6.07, 6.45) is 1.92. The fourth-order valence-corrected chi connectivity index (χ4v) is 6.34. The van der Waals surface area contributed by atoms with Gasteiger partial charge < -0.3 is 21.1 Å². The van der Waals surface area contributed by atoms with Gasteiger partial charge in [0.15, 0.2) is 11.6 Å². The molecule has 0 spiro atoms. The number of halogens is 4. The van der Waals surface area contributed by atoms with E-state index in [9.17, 15) is 17.6 Å². The maximum atomic E-state index is 14.4. The molecule has 0 amide bonds. The SMILES string of the molecule is NC1[C@@H]2CC3C[C@H]1CC(CNc1nc(NCc4ccccc4OC(F)(F)F)ncc1F)(C3)C2. The monoisotopic (exact) mass is 465 g/mol. The average molecular weight is 465 g/mol. The summed E-state index contributed by atoms with van der Waals surface area (Å²) in [7, 11) is 0. The molecule has 33 heavy (non-hydrogen) atoms. The highest BCUT2D eigenvalue weighted by Gasteiger charge is 2.54. The lowest BCUT2D eigenvalue weighted by Gasteiger charge is -2.59. The predicted molar refractivity (Wildman–Crippen MR) is 115 cm³/mol. The number of alkyl halides is 3. The Bertz CT molecular complexity index is 1000. The summed E-state index contributed by atoms with van der Waals surface area (Å²) < 4.78 is 56.4. The molecule has 4 aliphatic rings. The number of hydrogen-bond donors (Lipinski definition) is 3. The van der Waals surface area contributed by atoms with Crippen molar-refractivity contribution in [2.24, 2.45) is 28.9 Å². The molecular weight excluding hydrogens is 438 g/mol. The number of nitrogens with one attached hydrogen (secondary N) is 2. The number of nitrogens with two attached hydrogens (primary N) is 1. The van der Waals surface area contributed by atoms with Crippen LogP contribution in [0, 0.1) is 29.0 Å². The third-order valence-electron chi connectivity index (χ3n) is 7.48. The van der Waals surface area contributed by atoms with Gasteiger partial charge in [-0.15, -0.1) is 13.2 Å². The highest BCUT2D eigenvalue weighted by Crippen LogP contribution is 2.59. The van der Waals surface area contributed by atoms with Gasteiger partial charge in [0.1, 0.15) is 5.75 Å². The highest BCUT2D eigenvalue weighted by atomic mass is 19.4. The van der Waals surface area contributed by atoms with Gasteiger partial charge in [0, 0.05) is 24.7 Å². The summed E-state index contributed by atoms with van der Waals surface area (Å²) in [5.74, 6) is 1.13. The summed E-state index contributed by atoms with van der Waals surface area (Å²) in [6.45, 7) is 0.614. The van der Waals surface area contributed by atoms with E-state index >= 15 is 0 Å². The molecule has 4 saturated carbocycles. The van der Waals surface area contributed by atoms with Crippen LogP contribution < -0.4 is 21.1 Å². The van der Waals surface area contributed by atoms with E-state index in [0.717, 1.165) is 25.5 Å². The van der Waals surface area contributed by atoms with E-state index in [4.69, 9.17) is 5.73 Å². The second kappa shape index (κ2) is 8.30. The van der Waals surface area contributed by atoms with Crippen molar-refractivity contribution < 1.29 is 22.3 Å². The molecule has 4 N–H and O–H groups in total. The van der Waals surface area contributed by atoms with Crippen LogP contribution in [0.25, 0.3) is 0 Å². The summed E-state index contributed by atoms with van der Waals surface area (Å²) in [4.78, 5) is 8.15. The molecule has 10 heteroatoms. The van der Waals surface area contributed by atoms with Crippen LogP contribution in [-0.4, -0.2) is 28.9 Å². The number of para-hydroxylation sites is 1. The first-order chi connectivity index (χ1) is 15.7. The minimum absolute atomic E-state index is 0.00973. The maximum Gasteiger partial charge on any atom is 0.573 e. The Morgan fingerprint density at radius 3 is 2.55 bits per heavy atom. The van der Waals surface area contributed by atoms with Crippen molar-refractivity contribution in [2.45, 2.75) is 51.1 Å². The Kier molecular flexibility index (Phi) is 5.58. The first-order valence-electron chi connectivity index (χ1n) is 11.3. The number of rotatable bonds is 7. The molecule has 1 aromatic carbocycles. The van der Waals surface area contributed by atoms with Crippen LogP contribution in [0.3, 0.4) is 0 Å². The zero-order valence-corrected chi connectivity index (χ0v) is 18.0. The van der Waals surface area contributed by atoms with Gasteiger partial charge in [-0.3, -0.25) is 0 Å². The Labute approximate surface area is 189 Å². The average Bonchev–Trinajstić information content (AvgIpc) is 2.75. The lowest BCUT2D eigenvalue weighted by Crippen LogP contribution is -2.58. The molecular formula is C23H27F4N5O. The van der Waals surface area contributed by atoms with Crippen molar-refractivity contribution in [3.05, 3.63) is 41.8 Å². The molecule has 1 heterocycles. The van der Waals surface area contributed by atoms with Crippen molar-refractivity contribution in [3.8, 4) is 5.75 Å². The molecule has 178 valence electrons. The second-order valence-corrected chi connectivity index (χ2v) is 9.80. The molecule has 4 fully saturated rings. The summed E-state index contributed by atoms with van der Waals surface area (Å²) >= 11 is 0. The first-order valence-corrected chi connectivity index (χ1v) is 11.3. The summed E-state index contributed by atoms with van der Waals surface area (Å²) in [6, 6.07) is 6.09. The van der Waals surface area contributed by atoms with Gasteiger partial charge in [-0.05, 0) is 61.3 Å². The molecule has 0 saturated heterocycles. The van der Waals surface area contributed by atoms with Crippen molar-refractivity contribution in [1.82, 2.24) is 9.97 Å². The predicted octanol–water partition coefficient (Wildman–Crippen LogP) is 4.69. The topological polar surface area (TPSA) is 85.1 Å². The minimum Gasteiger partial charge on any atom is -0.405 e. The largest absolute Gasteiger partial charge is 0.573 e. The standard InChI is InChI=1S/C23H27F4N5O/c24-17-11-30-21(29-10-14-3-1-2-4-18(14)33-23(25,26)27)32-20(17)31-12-22-7-13-5-15(8-22)19(28)16(6-13)9-22/h1-4,11,13,15-16,19H,5-10,12,28H2,(H2,29,30,31,32)/t13?,15-,16+,19?,22?. The van der Waals surface area contributed by atoms with Crippen LogP contribution in [0.2, 0.25) is 0 Å². The molecule has 3 unspecified atom stereocenters. The van der Waals surface area contributed by atoms with Crippen LogP contribution in [-0.2, 0) is 6.54 Å². The van der Waals surface area contributed by atoms with Gasteiger partial charge in [0.2, 0.25) is 5.95 Å². The molecule has 0 radical (unpaired) electrons. The van der Waals surface area contributed by atoms with E-state index in [1.54, 1.807) is 6.07 Å². The van der Waals surface area contributed by atoms with Crippen molar-refractivity contribution in [2.75, 3.05) is 17.2 Å². The number of nitrogens with zero attached hydrogens (tertiary/aromatic N) is 2. The van der Waals surface area contributed by atoms with Crippen LogP contribution in [0.1, 0.15) is 37.7 Å². The van der Waals surface area contributed by atoms with Gasteiger partial charge in [-0.1, -0.05) is 18.2 Å². The zero-order chi connectivity index (χ0) is 23.2. The van der Waals surface area contributed by atoms with Crippen LogP contribution in [0.4, 0.5) is 29.3 Å². The molecule has 5 atom stereocenters. The Hall–Kier alpha value is -2.62. The Morgan fingerprint density at radius 1 is 1.09 bits per heavy atom. The lowest BCUT2D eigenvalue weighted by atomic mass is 9.48. The highest BCUT2D eigenvalue weighted by molar-refractivity contribution is 5.43. The first kappa shape index (κ1) is 22.2. The molecule has 4 bridgehead atoms. The van der Waals surface area contributed by atoms with Gasteiger partial charge in [0.25, 0.3) is 0 Å². The molecule has 0 aliphatic heterocycles. The third kappa shape index (κ3) is 4.71. The molecule has 6 rings (SSSR count). The quantitative estimate of drug-likeness (QED) is 0.515. The van der Waals surface area contributed by atoms with E-state index in [2.05, 4.69) is 25.3 Å². The normalized spacial score (nSPS) is 30.3. The lowest BCUT2D eigenvalue weighted by molar-refractivity contribution is -0.274. The van der Waals surface area contributed by atoms with Gasteiger partial charge in [0.05, 0.1) is 6.20 Å².